The van der Waals surface area contributed by atoms with Gasteiger partial charge in [0, 0.05) is 6.54 Å². The Balaban J connectivity index is 1.45. The number of fused-ring (bicyclic) bond motifs is 2. The first-order chi connectivity index (χ1) is 11.4. The van der Waals surface area contributed by atoms with Crippen molar-refractivity contribution in [3.8, 4) is 5.75 Å². The van der Waals surface area contributed by atoms with E-state index in [1.165, 1.54) is 12.1 Å². The van der Waals surface area contributed by atoms with Gasteiger partial charge in [-0.15, -0.1) is 13.2 Å². The monoisotopic (exact) mass is 344 g/mol. The Morgan fingerprint density at radius 2 is 2.08 bits per heavy atom. The number of para-hydroxylation sites is 1. The van der Waals surface area contributed by atoms with Gasteiger partial charge in [0.05, 0.1) is 18.2 Å². The van der Waals surface area contributed by atoms with E-state index in [-0.39, 0.29) is 43.0 Å². The van der Waals surface area contributed by atoms with Crippen molar-refractivity contribution in [2.75, 3.05) is 6.54 Å². The van der Waals surface area contributed by atoms with Crippen LogP contribution in [0.1, 0.15) is 24.8 Å². The molecule has 0 unspecified atom stereocenters. The van der Waals surface area contributed by atoms with Gasteiger partial charge in [-0.25, -0.2) is 4.79 Å². The molecule has 2 aliphatic rings. The highest BCUT2D eigenvalue weighted by Gasteiger charge is 2.41. The van der Waals surface area contributed by atoms with Crippen molar-refractivity contribution in [3.05, 3.63) is 29.8 Å². The SMILES string of the molecule is O=C(NCCc1ccccc1OC(F)(F)F)N[C@H]1C[C@H]2CC[C@H]1O2. The molecule has 0 spiro atoms. The molecular formula is C16H19F3N2O3. The molecule has 2 bridgehead atoms. The van der Waals surface area contributed by atoms with Gasteiger partial charge in [0.1, 0.15) is 5.75 Å². The fourth-order valence-electron chi connectivity index (χ4n) is 3.25. The molecular weight excluding hydrogens is 325 g/mol. The lowest BCUT2D eigenvalue weighted by Crippen LogP contribution is -2.46. The molecule has 5 nitrogen and oxygen atoms in total. The Bertz CT molecular complexity index is 594. The Labute approximate surface area is 137 Å². The zero-order chi connectivity index (χ0) is 17.2. The fraction of sp³-hybridized carbons (Fsp3) is 0.562. The molecule has 0 radical (unpaired) electrons. The summed E-state index contributed by atoms with van der Waals surface area (Å²) >= 11 is 0. The summed E-state index contributed by atoms with van der Waals surface area (Å²) in [5.74, 6) is -0.242. The molecule has 0 aliphatic carbocycles. The topological polar surface area (TPSA) is 59.6 Å². The minimum atomic E-state index is -4.73. The van der Waals surface area contributed by atoms with Crippen molar-refractivity contribution in [2.45, 2.75) is 50.3 Å². The lowest BCUT2D eigenvalue weighted by molar-refractivity contribution is -0.274. The van der Waals surface area contributed by atoms with Crippen molar-refractivity contribution in [1.82, 2.24) is 10.6 Å². The molecule has 0 saturated carbocycles. The summed E-state index contributed by atoms with van der Waals surface area (Å²) in [5.41, 5.74) is 0.387. The average Bonchev–Trinajstić information content (AvgIpc) is 3.10. The van der Waals surface area contributed by atoms with Crippen LogP contribution in [0, 0.1) is 0 Å². The maximum absolute atomic E-state index is 12.4. The second-order valence-corrected chi connectivity index (χ2v) is 6.02. The zero-order valence-electron chi connectivity index (χ0n) is 12.9. The van der Waals surface area contributed by atoms with Gasteiger partial charge in [0.25, 0.3) is 0 Å². The third-order valence-electron chi connectivity index (χ3n) is 4.30. The maximum atomic E-state index is 12.4. The summed E-state index contributed by atoms with van der Waals surface area (Å²) in [7, 11) is 0. The second-order valence-electron chi connectivity index (χ2n) is 6.02. The highest BCUT2D eigenvalue weighted by atomic mass is 19.4. The summed E-state index contributed by atoms with van der Waals surface area (Å²) in [6, 6.07) is 5.60. The lowest BCUT2D eigenvalue weighted by Gasteiger charge is -2.20. The minimum Gasteiger partial charge on any atom is -0.406 e. The van der Waals surface area contributed by atoms with Crippen LogP contribution in [0.4, 0.5) is 18.0 Å². The Hall–Kier alpha value is -1.96. The van der Waals surface area contributed by atoms with Crippen LogP contribution in [0.3, 0.4) is 0 Å². The van der Waals surface area contributed by atoms with Crippen molar-refractivity contribution in [2.24, 2.45) is 0 Å². The van der Waals surface area contributed by atoms with E-state index in [2.05, 4.69) is 15.4 Å². The first-order valence-electron chi connectivity index (χ1n) is 7.94. The number of urea groups is 1. The van der Waals surface area contributed by atoms with Gasteiger partial charge in [-0.1, -0.05) is 18.2 Å². The summed E-state index contributed by atoms with van der Waals surface area (Å²) in [5, 5.41) is 5.53. The highest BCUT2D eigenvalue weighted by Crippen LogP contribution is 2.34. The van der Waals surface area contributed by atoms with Crippen LogP contribution in [-0.2, 0) is 11.2 Å². The van der Waals surface area contributed by atoms with Gasteiger partial charge in [0.15, 0.2) is 0 Å². The lowest BCUT2D eigenvalue weighted by atomic mass is 9.96. The molecule has 2 saturated heterocycles. The molecule has 1 aromatic carbocycles. The molecule has 2 amide bonds. The van der Waals surface area contributed by atoms with Gasteiger partial charge in [-0.2, -0.15) is 0 Å². The molecule has 132 valence electrons. The highest BCUT2D eigenvalue weighted by molar-refractivity contribution is 5.74. The summed E-state index contributed by atoms with van der Waals surface area (Å²) in [6.45, 7) is 0.214. The first kappa shape index (κ1) is 16.9. The Morgan fingerprint density at radius 3 is 2.75 bits per heavy atom. The van der Waals surface area contributed by atoms with E-state index >= 15 is 0 Å². The van der Waals surface area contributed by atoms with Gasteiger partial charge in [-0.3, -0.25) is 0 Å². The van der Waals surface area contributed by atoms with Gasteiger partial charge in [-0.05, 0) is 37.3 Å². The van der Waals surface area contributed by atoms with Crippen LogP contribution >= 0.6 is 0 Å². The van der Waals surface area contributed by atoms with Gasteiger partial charge >= 0.3 is 12.4 Å². The van der Waals surface area contributed by atoms with Crippen LogP contribution in [-0.4, -0.2) is 37.2 Å². The van der Waals surface area contributed by atoms with Crippen LogP contribution in [0.5, 0.6) is 5.75 Å². The number of rotatable bonds is 5. The number of benzene rings is 1. The second kappa shape index (κ2) is 6.88. The molecule has 2 heterocycles. The van der Waals surface area contributed by atoms with Crippen molar-refractivity contribution in [3.63, 3.8) is 0 Å². The molecule has 0 aromatic heterocycles. The number of ether oxygens (including phenoxy) is 2. The number of hydrogen-bond donors (Lipinski definition) is 2. The predicted octanol–water partition coefficient (Wildman–Crippen LogP) is 2.75. The fourth-order valence-corrected chi connectivity index (χ4v) is 3.25. The van der Waals surface area contributed by atoms with Crippen molar-refractivity contribution in [1.29, 1.82) is 0 Å². The van der Waals surface area contributed by atoms with E-state index in [1.54, 1.807) is 12.1 Å². The maximum Gasteiger partial charge on any atom is 0.573 e. The molecule has 2 N–H and O–H groups in total. The number of hydrogen-bond acceptors (Lipinski definition) is 3. The molecule has 8 heteroatoms. The smallest absolute Gasteiger partial charge is 0.406 e. The third-order valence-corrected chi connectivity index (χ3v) is 4.30. The number of alkyl halides is 3. The largest absolute Gasteiger partial charge is 0.573 e. The predicted molar refractivity (Wildman–Crippen MR) is 79.7 cm³/mol. The normalized spacial score (nSPS) is 25.5. The van der Waals surface area contributed by atoms with Crippen molar-refractivity contribution < 1.29 is 27.4 Å². The number of nitrogens with one attached hydrogen (secondary N) is 2. The average molecular weight is 344 g/mol. The van der Waals surface area contributed by atoms with Gasteiger partial charge in [0.2, 0.25) is 0 Å². The van der Waals surface area contributed by atoms with Crippen LogP contribution in [0.25, 0.3) is 0 Å². The summed E-state index contributed by atoms with van der Waals surface area (Å²) in [6.07, 6.45) is -1.35. The summed E-state index contributed by atoms with van der Waals surface area (Å²) < 4.78 is 46.7. The zero-order valence-corrected chi connectivity index (χ0v) is 12.9. The Kier molecular flexibility index (Phi) is 4.84. The number of carbonyl (C=O) groups excluding carboxylic acids is 1. The van der Waals surface area contributed by atoms with E-state index in [4.69, 9.17) is 4.74 Å². The Morgan fingerprint density at radius 1 is 1.29 bits per heavy atom. The molecule has 1 aromatic rings. The van der Waals surface area contributed by atoms with E-state index in [0.717, 1.165) is 19.3 Å². The molecule has 2 fully saturated rings. The van der Waals surface area contributed by atoms with E-state index in [0.29, 0.717) is 5.56 Å². The number of halogens is 3. The van der Waals surface area contributed by atoms with E-state index in [9.17, 15) is 18.0 Å². The summed E-state index contributed by atoms with van der Waals surface area (Å²) in [4.78, 5) is 11.9. The van der Waals surface area contributed by atoms with Crippen LogP contribution < -0.4 is 15.4 Å². The number of carbonyl (C=O) groups is 1. The van der Waals surface area contributed by atoms with Crippen LogP contribution in [0.2, 0.25) is 0 Å². The van der Waals surface area contributed by atoms with E-state index < -0.39 is 6.36 Å². The first-order valence-corrected chi connectivity index (χ1v) is 7.94. The molecule has 3 atom stereocenters. The van der Waals surface area contributed by atoms with Crippen molar-refractivity contribution >= 4 is 6.03 Å². The van der Waals surface area contributed by atoms with Gasteiger partial charge < -0.3 is 20.1 Å². The molecule has 3 rings (SSSR count). The third kappa shape index (κ3) is 4.31. The minimum absolute atomic E-state index is 0.0181. The molecule has 24 heavy (non-hydrogen) atoms. The standard InChI is InChI=1S/C16H19F3N2O3/c17-16(18,19)24-13-4-2-1-3-10(13)7-8-20-15(22)21-12-9-11-5-6-14(12)23-11/h1-4,11-12,14H,5-9H2,(H2,20,21,22)/t11-,12+,14-/m1/s1. The molecule has 2 aliphatic heterocycles. The van der Waals surface area contributed by atoms with Crippen LogP contribution in [0.15, 0.2) is 24.3 Å². The quantitative estimate of drug-likeness (QED) is 0.863. The van der Waals surface area contributed by atoms with E-state index in [1.807, 2.05) is 0 Å². The number of amides is 2.